The lowest BCUT2D eigenvalue weighted by Gasteiger charge is -2.18. The summed E-state index contributed by atoms with van der Waals surface area (Å²) in [6.45, 7) is 5.92. The van der Waals surface area contributed by atoms with E-state index in [-0.39, 0.29) is 11.2 Å². The zero-order valence-corrected chi connectivity index (χ0v) is 15.6. The number of benzene rings is 2. The Bertz CT molecular complexity index is 683. The van der Waals surface area contributed by atoms with Crippen molar-refractivity contribution in [2.75, 3.05) is 13.1 Å². The molecule has 1 N–H and O–H groups in total. The molecule has 25 heavy (non-hydrogen) atoms. The van der Waals surface area contributed by atoms with Crippen molar-refractivity contribution in [1.82, 2.24) is 10.2 Å². The van der Waals surface area contributed by atoms with Gasteiger partial charge in [0.15, 0.2) is 0 Å². The van der Waals surface area contributed by atoms with Gasteiger partial charge in [0.2, 0.25) is 5.91 Å². The Morgan fingerprint density at radius 2 is 1.68 bits per heavy atom. The third kappa shape index (κ3) is 5.35. The summed E-state index contributed by atoms with van der Waals surface area (Å²) in [6.07, 6.45) is 2.60. The second-order valence-electron chi connectivity index (χ2n) is 6.54. The van der Waals surface area contributed by atoms with Crippen molar-refractivity contribution in [3.8, 4) is 0 Å². The highest BCUT2D eigenvalue weighted by atomic mass is 32.2. The highest BCUT2D eigenvalue weighted by Crippen LogP contribution is 2.23. The van der Waals surface area contributed by atoms with E-state index in [9.17, 15) is 4.79 Å². The number of hydrogen-bond acceptors (Lipinski definition) is 3. The molecule has 4 heteroatoms. The SMILES string of the molecule is C[C@@H](Sc1ccccc1)C(=O)NCc1ccccc1CN1CCCC1. The minimum Gasteiger partial charge on any atom is -0.351 e. The van der Waals surface area contributed by atoms with Crippen molar-refractivity contribution in [2.45, 2.75) is 43.0 Å². The molecule has 1 amide bonds. The molecule has 0 spiro atoms. The Balaban J connectivity index is 1.54. The van der Waals surface area contributed by atoms with E-state index in [0.29, 0.717) is 6.54 Å². The summed E-state index contributed by atoms with van der Waals surface area (Å²) in [6, 6.07) is 18.5. The number of nitrogens with one attached hydrogen (secondary N) is 1. The highest BCUT2D eigenvalue weighted by molar-refractivity contribution is 8.00. The monoisotopic (exact) mass is 354 g/mol. The Kier molecular flexibility index (Phi) is 6.54. The molecular weight excluding hydrogens is 328 g/mol. The van der Waals surface area contributed by atoms with Crippen LogP contribution in [0.5, 0.6) is 0 Å². The van der Waals surface area contributed by atoms with Gasteiger partial charge in [-0.2, -0.15) is 0 Å². The van der Waals surface area contributed by atoms with E-state index < -0.39 is 0 Å². The molecule has 0 saturated carbocycles. The van der Waals surface area contributed by atoms with Crippen molar-refractivity contribution in [1.29, 1.82) is 0 Å². The van der Waals surface area contributed by atoms with Crippen LogP contribution in [0, 0.1) is 0 Å². The summed E-state index contributed by atoms with van der Waals surface area (Å²) in [7, 11) is 0. The molecule has 1 saturated heterocycles. The number of thioether (sulfide) groups is 1. The van der Waals surface area contributed by atoms with Crippen LogP contribution in [0.25, 0.3) is 0 Å². The predicted octanol–water partition coefficient (Wildman–Crippen LogP) is 4.08. The first-order chi connectivity index (χ1) is 12.2. The normalized spacial score (nSPS) is 15.9. The third-order valence-electron chi connectivity index (χ3n) is 4.59. The van der Waals surface area contributed by atoms with Crippen LogP contribution in [0.15, 0.2) is 59.5 Å². The van der Waals surface area contributed by atoms with Gasteiger partial charge >= 0.3 is 0 Å². The third-order valence-corrected chi connectivity index (χ3v) is 5.70. The number of amides is 1. The molecule has 1 aliphatic heterocycles. The Morgan fingerprint density at radius 3 is 2.40 bits per heavy atom. The lowest BCUT2D eigenvalue weighted by Crippen LogP contribution is -2.31. The van der Waals surface area contributed by atoms with Crippen molar-refractivity contribution in [3.05, 3.63) is 65.7 Å². The van der Waals surface area contributed by atoms with Crippen LogP contribution < -0.4 is 5.32 Å². The average molecular weight is 355 g/mol. The van der Waals surface area contributed by atoms with Crippen molar-refractivity contribution < 1.29 is 4.79 Å². The van der Waals surface area contributed by atoms with Gasteiger partial charge in [0.05, 0.1) is 5.25 Å². The molecule has 2 aromatic rings. The number of carbonyl (C=O) groups is 1. The fraction of sp³-hybridized carbons (Fsp3) is 0.381. The molecular formula is C21H26N2OS. The van der Waals surface area contributed by atoms with Gasteiger partial charge in [0, 0.05) is 18.0 Å². The number of hydrogen-bond donors (Lipinski definition) is 1. The second kappa shape index (κ2) is 9.07. The van der Waals surface area contributed by atoms with E-state index in [2.05, 4.69) is 34.5 Å². The van der Waals surface area contributed by atoms with Crippen molar-refractivity contribution in [2.24, 2.45) is 0 Å². The Hall–Kier alpha value is -1.78. The topological polar surface area (TPSA) is 32.3 Å². The van der Waals surface area contributed by atoms with E-state index in [1.807, 2.05) is 37.3 Å². The van der Waals surface area contributed by atoms with Crippen LogP contribution in [-0.4, -0.2) is 29.1 Å². The first-order valence-corrected chi connectivity index (χ1v) is 9.89. The molecule has 1 atom stereocenters. The van der Waals surface area contributed by atoms with Crippen LogP contribution in [0.4, 0.5) is 0 Å². The van der Waals surface area contributed by atoms with Crippen molar-refractivity contribution >= 4 is 17.7 Å². The van der Waals surface area contributed by atoms with Gasteiger partial charge in [-0.15, -0.1) is 11.8 Å². The smallest absolute Gasteiger partial charge is 0.233 e. The maximum atomic E-state index is 12.4. The molecule has 0 unspecified atom stereocenters. The van der Waals surface area contributed by atoms with Crippen LogP contribution in [0.1, 0.15) is 30.9 Å². The number of nitrogens with zero attached hydrogens (tertiary/aromatic N) is 1. The molecule has 3 rings (SSSR count). The average Bonchev–Trinajstić information content (AvgIpc) is 3.14. The van der Waals surface area contributed by atoms with Crippen LogP contribution in [-0.2, 0) is 17.9 Å². The zero-order valence-electron chi connectivity index (χ0n) is 14.8. The molecule has 0 bridgehead atoms. The maximum Gasteiger partial charge on any atom is 0.233 e. The minimum atomic E-state index is -0.104. The number of rotatable bonds is 7. The summed E-state index contributed by atoms with van der Waals surface area (Å²) >= 11 is 1.60. The number of likely N-dealkylation sites (tertiary alicyclic amines) is 1. The van der Waals surface area contributed by atoms with Gasteiger partial charge < -0.3 is 5.32 Å². The van der Waals surface area contributed by atoms with Gasteiger partial charge in [-0.1, -0.05) is 42.5 Å². The van der Waals surface area contributed by atoms with Gasteiger partial charge in [-0.3, -0.25) is 9.69 Å². The Morgan fingerprint density at radius 1 is 1.04 bits per heavy atom. The molecule has 1 fully saturated rings. The molecule has 132 valence electrons. The molecule has 2 aromatic carbocycles. The van der Waals surface area contributed by atoms with Crippen LogP contribution in [0.2, 0.25) is 0 Å². The maximum absolute atomic E-state index is 12.4. The lowest BCUT2D eigenvalue weighted by atomic mass is 10.1. The van der Waals surface area contributed by atoms with E-state index in [1.54, 1.807) is 11.8 Å². The van der Waals surface area contributed by atoms with Crippen LogP contribution in [0.3, 0.4) is 0 Å². The van der Waals surface area contributed by atoms with Gasteiger partial charge in [-0.25, -0.2) is 0 Å². The summed E-state index contributed by atoms with van der Waals surface area (Å²) in [5.74, 6) is 0.0878. The number of carbonyl (C=O) groups excluding carboxylic acids is 1. The van der Waals surface area contributed by atoms with Gasteiger partial charge in [0.1, 0.15) is 0 Å². The van der Waals surface area contributed by atoms with E-state index in [4.69, 9.17) is 0 Å². The molecule has 0 aromatic heterocycles. The summed E-state index contributed by atoms with van der Waals surface area (Å²) in [5.41, 5.74) is 2.55. The summed E-state index contributed by atoms with van der Waals surface area (Å²) < 4.78 is 0. The lowest BCUT2D eigenvalue weighted by molar-refractivity contribution is -0.120. The molecule has 0 radical (unpaired) electrons. The standard InChI is InChI=1S/C21H26N2OS/c1-17(25-20-11-3-2-4-12-20)21(24)22-15-18-9-5-6-10-19(18)16-23-13-7-8-14-23/h2-6,9-12,17H,7-8,13-16H2,1H3,(H,22,24)/t17-/m1/s1. The summed E-state index contributed by atoms with van der Waals surface area (Å²) in [4.78, 5) is 16.1. The van der Waals surface area contributed by atoms with Gasteiger partial charge in [-0.05, 0) is 56.1 Å². The molecule has 3 nitrogen and oxygen atoms in total. The molecule has 1 aliphatic rings. The largest absolute Gasteiger partial charge is 0.351 e. The highest BCUT2D eigenvalue weighted by Gasteiger charge is 2.16. The van der Waals surface area contributed by atoms with E-state index in [1.165, 1.54) is 37.1 Å². The van der Waals surface area contributed by atoms with E-state index >= 15 is 0 Å². The van der Waals surface area contributed by atoms with Crippen molar-refractivity contribution in [3.63, 3.8) is 0 Å². The zero-order chi connectivity index (χ0) is 17.5. The molecule has 0 aliphatic carbocycles. The fourth-order valence-corrected chi connectivity index (χ4v) is 4.06. The second-order valence-corrected chi connectivity index (χ2v) is 7.96. The van der Waals surface area contributed by atoms with Crippen LogP contribution >= 0.6 is 11.8 Å². The van der Waals surface area contributed by atoms with Gasteiger partial charge in [0.25, 0.3) is 0 Å². The first-order valence-electron chi connectivity index (χ1n) is 9.01. The predicted molar refractivity (Wildman–Crippen MR) is 105 cm³/mol. The quantitative estimate of drug-likeness (QED) is 0.761. The first kappa shape index (κ1) is 18.0. The van der Waals surface area contributed by atoms with E-state index in [0.717, 1.165) is 11.4 Å². The minimum absolute atomic E-state index is 0.0878. The summed E-state index contributed by atoms with van der Waals surface area (Å²) in [5, 5.41) is 3.00. The fourth-order valence-electron chi connectivity index (χ4n) is 3.15. The molecule has 1 heterocycles. The Labute approximate surface area is 154 Å².